The molecule has 7 nitrogen and oxygen atoms in total. The van der Waals surface area contributed by atoms with Gasteiger partial charge in [-0.1, -0.05) is 11.6 Å². The van der Waals surface area contributed by atoms with Crippen molar-refractivity contribution in [1.82, 2.24) is 9.21 Å². The number of carbonyl (C=O) groups excluding carboxylic acids is 1. The number of amides is 1. The summed E-state index contributed by atoms with van der Waals surface area (Å²) in [6.07, 6.45) is 1.79. The fourth-order valence-electron chi connectivity index (χ4n) is 3.50. The number of piperazine rings is 1. The first kappa shape index (κ1) is 20.7. The Kier molecular flexibility index (Phi) is 5.73. The predicted molar refractivity (Wildman–Crippen MR) is 113 cm³/mol. The lowest BCUT2D eigenvalue weighted by Gasteiger charge is -2.34. The lowest BCUT2D eigenvalue weighted by Crippen LogP contribution is -2.51. The van der Waals surface area contributed by atoms with Gasteiger partial charge >= 0.3 is 0 Å². The van der Waals surface area contributed by atoms with Crippen molar-refractivity contribution in [2.45, 2.75) is 4.90 Å². The highest BCUT2D eigenvalue weighted by Gasteiger charge is 2.31. The Morgan fingerprint density at radius 2 is 1.77 bits per heavy atom. The van der Waals surface area contributed by atoms with E-state index < -0.39 is 10.0 Å². The molecule has 4 rings (SSSR count). The van der Waals surface area contributed by atoms with E-state index in [0.29, 0.717) is 35.2 Å². The first-order valence-electron chi connectivity index (χ1n) is 9.45. The molecular weight excluding hydrogens is 428 g/mol. The maximum absolute atomic E-state index is 12.9. The van der Waals surface area contributed by atoms with Gasteiger partial charge in [-0.2, -0.15) is 4.31 Å². The molecule has 0 atom stereocenters. The third-order valence-corrected chi connectivity index (χ3v) is 7.33. The lowest BCUT2D eigenvalue weighted by molar-refractivity contribution is -0.128. The Morgan fingerprint density at radius 3 is 2.43 bits per heavy atom. The molecule has 2 aliphatic rings. The van der Waals surface area contributed by atoms with Crippen LogP contribution in [0.15, 0.2) is 52.9 Å². The fraction of sp³-hybridized carbons (Fsp3) is 0.286. The number of ether oxygens (including phenoxy) is 2. The topological polar surface area (TPSA) is 76.2 Å². The van der Waals surface area contributed by atoms with Crippen LogP contribution in [-0.4, -0.2) is 63.4 Å². The number of hydrogen-bond donors (Lipinski definition) is 0. The van der Waals surface area contributed by atoms with Crippen molar-refractivity contribution in [2.75, 3.05) is 39.9 Å². The normalized spacial score (nSPS) is 17.0. The second-order valence-corrected chi connectivity index (χ2v) is 9.39. The van der Waals surface area contributed by atoms with E-state index in [2.05, 4.69) is 0 Å². The largest absolute Gasteiger partial charge is 0.497 e. The van der Waals surface area contributed by atoms with Crippen LogP contribution in [0.4, 0.5) is 0 Å². The third kappa shape index (κ3) is 4.03. The van der Waals surface area contributed by atoms with Crippen LogP contribution in [0, 0.1) is 0 Å². The van der Waals surface area contributed by atoms with Crippen LogP contribution in [0.1, 0.15) is 5.56 Å². The summed E-state index contributed by atoms with van der Waals surface area (Å²) in [5, 5.41) is 0.569. The Balaban J connectivity index is 1.43. The fourth-order valence-corrected chi connectivity index (χ4v) is 5.11. The van der Waals surface area contributed by atoms with Crippen LogP contribution >= 0.6 is 11.6 Å². The highest BCUT2D eigenvalue weighted by atomic mass is 35.5. The number of fused-ring (bicyclic) bond motifs is 1. The molecule has 2 aromatic rings. The minimum atomic E-state index is -3.62. The van der Waals surface area contributed by atoms with Crippen molar-refractivity contribution in [3.63, 3.8) is 0 Å². The molecule has 158 valence electrons. The van der Waals surface area contributed by atoms with E-state index >= 15 is 0 Å². The summed E-state index contributed by atoms with van der Waals surface area (Å²) in [5.74, 6) is 1.13. The molecule has 2 aliphatic heterocycles. The number of hydrogen-bond acceptors (Lipinski definition) is 5. The van der Waals surface area contributed by atoms with Gasteiger partial charge in [0, 0.05) is 36.8 Å². The van der Waals surface area contributed by atoms with Crippen molar-refractivity contribution in [2.24, 2.45) is 0 Å². The Bertz CT molecular complexity index is 1090. The molecule has 9 heteroatoms. The Morgan fingerprint density at radius 1 is 1.07 bits per heavy atom. The van der Waals surface area contributed by atoms with Crippen LogP contribution in [0.25, 0.3) is 6.08 Å². The van der Waals surface area contributed by atoms with E-state index in [-0.39, 0.29) is 30.5 Å². The molecule has 0 aliphatic carbocycles. The van der Waals surface area contributed by atoms with Crippen LogP contribution in [0.2, 0.25) is 5.02 Å². The van der Waals surface area contributed by atoms with Gasteiger partial charge in [0.15, 0.2) is 0 Å². The maximum atomic E-state index is 12.9. The number of rotatable bonds is 4. The van der Waals surface area contributed by atoms with E-state index in [1.54, 1.807) is 41.3 Å². The summed E-state index contributed by atoms with van der Waals surface area (Å²) in [4.78, 5) is 14.8. The second-order valence-electron chi connectivity index (χ2n) is 7.01. The van der Waals surface area contributed by atoms with Crippen LogP contribution < -0.4 is 9.47 Å². The second kappa shape index (κ2) is 8.29. The van der Waals surface area contributed by atoms with Gasteiger partial charge in [-0.15, -0.1) is 0 Å². The number of halogens is 1. The first-order valence-corrected chi connectivity index (χ1v) is 11.3. The van der Waals surface area contributed by atoms with Gasteiger partial charge in [0.25, 0.3) is 5.91 Å². The van der Waals surface area contributed by atoms with Gasteiger partial charge < -0.3 is 14.4 Å². The molecule has 1 fully saturated rings. The van der Waals surface area contributed by atoms with Gasteiger partial charge in [0.1, 0.15) is 18.1 Å². The van der Waals surface area contributed by atoms with Crippen LogP contribution in [-0.2, 0) is 14.8 Å². The molecule has 2 aromatic carbocycles. The van der Waals surface area contributed by atoms with Gasteiger partial charge in [0.05, 0.1) is 17.6 Å². The average Bonchev–Trinajstić information content (AvgIpc) is 2.78. The standard InChI is InChI=1S/C21H21ClN2O5S/c1-28-18-3-5-19(6-4-18)30(26,27)24-10-8-23(9-11-24)21(25)16-12-15-13-17(22)2-7-20(15)29-14-16/h2-7,12-13H,8-11,14H2,1H3. The number of methoxy groups -OCH3 is 1. The number of nitrogens with zero attached hydrogens (tertiary/aromatic N) is 2. The highest BCUT2D eigenvalue weighted by Crippen LogP contribution is 2.30. The molecule has 0 saturated carbocycles. The van der Waals surface area contributed by atoms with E-state index in [1.165, 1.54) is 23.5 Å². The minimum absolute atomic E-state index is 0.151. The minimum Gasteiger partial charge on any atom is -0.497 e. The summed E-state index contributed by atoms with van der Waals surface area (Å²) in [6, 6.07) is 11.6. The first-order chi connectivity index (χ1) is 14.4. The monoisotopic (exact) mass is 448 g/mol. The van der Waals surface area contributed by atoms with E-state index in [4.69, 9.17) is 21.1 Å². The van der Waals surface area contributed by atoms with Crippen molar-refractivity contribution < 1.29 is 22.7 Å². The molecule has 0 aromatic heterocycles. The number of sulfonamides is 1. The zero-order valence-corrected chi connectivity index (χ0v) is 17.9. The van der Waals surface area contributed by atoms with Crippen molar-refractivity contribution in [1.29, 1.82) is 0 Å². The Labute approximate surface area is 180 Å². The quantitative estimate of drug-likeness (QED) is 0.718. The smallest absolute Gasteiger partial charge is 0.253 e. The van der Waals surface area contributed by atoms with Crippen molar-refractivity contribution >= 4 is 33.6 Å². The van der Waals surface area contributed by atoms with Crippen molar-refractivity contribution in [3.8, 4) is 11.5 Å². The Hall–Kier alpha value is -2.55. The summed E-state index contributed by atoms with van der Waals surface area (Å²) in [6.45, 7) is 1.27. The molecule has 30 heavy (non-hydrogen) atoms. The summed E-state index contributed by atoms with van der Waals surface area (Å²) >= 11 is 6.03. The maximum Gasteiger partial charge on any atom is 0.253 e. The summed E-state index contributed by atoms with van der Waals surface area (Å²) in [5.41, 5.74) is 1.29. The van der Waals surface area contributed by atoms with Gasteiger partial charge in [-0.05, 0) is 48.5 Å². The van der Waals surface area contributed by atoms with Gasteiger partial charge in [0.2, 0.25) is 10.0 Å². The van der Waals surface area contributed by atoms with E-state index in [0.717, 1.165) is 5.56 Å². The lowest BCUT2D eigenvalue weighted by atomic mass is 10.1. The summed E-state index contributed by atoms with van der Waals surface area (Å²) in [7, 11) is -2.09. The van der Waals surface area contributed by atoms with Crippen LogP contribution in [0.3, 0.4) is 0 Å². The van der Waals surface area contributed by atoms with Crippen molar-refractivity contribution in [3.05, 3.63) is 58.6 Å². The molecular formula is C21H21ClN2O5S. The number of benzene rings is 2. The molecule has 1 amide bonds. The molecule has 1 saturated heterocycles. The summed E-state index contributed by atoms with van der Waals surface area (Å²) < 4.78 is 37.9. The zero-order chi connectivity index (χ0) is 21.3. The third-order valence-electron chi connectivity index (χ3n) is 5.18. The van der Waals surface area contributed by atoms with Crippen LogP contribution in [0.5, 0.6) is 11.5 Å². The molecule has 0 unspecified atom stereocenters. The van der Waals surface area contributed by atoms with E-state index in [1.807, 2.05) is 0 Å². The SMILES string of the molecule is COc1ccc(S(=O)(=O)N2CCN(C(=O)C3=Cc4cc(Cl)ccc4OC3)CC2)cc1. The number of carbonyl (C=O) groups is 1. The zero-order valence-electron chi connectivity index (χ0n) is 16.4. The average molecular weight is 449 g/mol. The predicted octanol–water partition coefficient (Wildman–Crippen LogP) is 2.66. The highest BCUT2D eigenvalue weighted by molar-refractivity contribution is 7.89. The molecule has 0 radical (unpaired) electrons. The molecule has 0 N–H and O–H groups in total. The molecule has 0 spiro atoms. The van der Waals surface area contributed by atoms with E-state index in [9.17, 15) is 13.2 Å². The molecule has 2 heterocycles. The molecule has 0 bridgehead atoms. The van der Waals surface area contributed by atoms with Gasteiger partial charge in [-0.25, -0.2) is 8.42 Å². The van der Waals surface area contributed by atoms with Gasteiger partial charge in [-0.3, -0.25) is 4.79 Å².